The molecule has 0 aliphatic heterocycles. The summed E-state index contributed by atoms with van der Waals surface area (Å²) in [6.45, 7) is 1.77. The van der Waals surface area contributed by atoms with Crippen LogP contribution in [0.4, 0.5) is 0 Å². The highest BCUT2D eigenvalue weighted by molar-refractivity contribution is 7.16. The lowest BCUT2D eigenvalue weighted by atomic mass is 10.0. The molecule has 0 aliphatic rings. The zero-order valence-corrected chi connectivity index (χ0v) is 25.3. The maximum absolute atomic E-state index is 12.3. The summed E-state index contributed by atoms with van der Waals surface area (Å²) < 4.78 is 5.50. The highest BCUT2D eigenvalue weighted by Crippen LogP contribution is 2.39. The molecule has 4 N–H and O–H groups in total. The van der Waals surface area contributed by atoms with Gasteiger partial charge in [0.25, 0.3) is 5.91 Å². The second-order valence-corrected chi connectivity index (χ2v) is 10.6. The van der Waals surface area contributed by atoms with E-state index < -0.39 is 18.4 Å². The molecule has 0 saturated carbocycles. The highest BCUT2D eigenvalue weighted by atomic mass is 32.1. The van der Waals surface area contributed by atoms with Crippen LogP contribution in [0.15, 0.2) is 91.0 Å². The number of carbonyl (C=O) groups is 3. The molecule has 0 bridgehead atoms. The lowest BCUT2D eigenvalue weighted by molar-refractivity contribution is -0.138. The van der Waals surface area contributed by atoms with Crippen LogP contribution >= 0.6 is 11.3 Å². The standard InChI is InChI=1S/C34H34N4O5S/c1-3-28(35-2)34-38-32(25-14-16-27(17-15-25)43-22-30(40)37-21-31(41)42)33(44-34)26-12-9-24(10-13-26)11-18-29(39)36-20-19-23-7-5-4-6-8-23/h3-18,35H,19-22H2,1-2H3,(H,36,39)(H,37,40)(H,41,42)/b18-11+,28-3-. The van der Waals surface area contributed by atoms with Crippen LogP contribution in [-0.2, 0) is 20.8 Å². The first-order valence-corrected chi connectivity index (χ1v) is 14.8. The number of carboxylic acid groups (broad SMARTS) is 1. The average Bonchev–Trinajstić information content (AvgIpc) is 3.48. The first-order valence-electron chi connectivity index (χ1n) is 14.0. The molecule has 4 aromatic rings. The molecule has 3 aromatic carbocycles. The number of aromatic nitrogens is 1. The number of allylic oxidation sites excluding steroid dienone is 1. The van der Waals surface area contributed by atoms with E-state index in [1.165, 1.54) is 5.56 Å². The van der Waals surface area contributed by atoms with Gasteiger partial charge >= 0.3 is 5.97 Å². The van der Waals surface area contributed by atoms with Crippen molar-refractivity contribution in [3.05, 3.63) is 107 Å². The molecule has 1 aromatic heterocycles. The van der Waals surface area contributed by atoms with E-state index in [4.69, 9.17) is 14.8 Å². The molecule has 0 fully saturated rings. The number of nitrogens with one attached hydrogen (secondary N) is 3. The van der Waals surface area contributed by atoms with Crippen molar-refractivity contribution in [3.63, 3.8) is 0 Å². The molecule has 0 spiro atoms. The summed E-state index contributed by atoms with van der Waals surface area (Å²) in [7, 11) is 1.85. The highest BCUT2D eigenvalue weighted by Gasteiger charge is 2.17. The Morgan fingerprint density at radius 2 is 1.64 bits per heavy atom. The minimum absolute atomic E-state index is 0.140. The zero-order chi connectivity index (χ0) is 31.3. The minimum atomic E-state index is -1.12. The Balaban J connectivity index is 1.46. The Hall–Kier alpha value is -5.22. The summed E-state index contributed by atoms with van der Waals surface area (Å²) in [4.78, 5) is 40.6. The molecule has 0 aliphatic carbocycles. The van der Waals surface area contributed by atoms with Crippen molar-refractivity contribution in [3.8, 4) is 27.4 Å². The number of amides is 2. The third-order valence-electron chi connectivity index (χ3n) is 6.51. The number of hydrogen-bond donors (Lipinski definition) is 4. The third kappa shape index (κ3) is 9.14. The first-order chi connectivity index (χ1) is 21.4. The number of hydrogen-bond acceptors (Lipinski definition) is 7. The van der Waals surface area contributed by atoms with Gasteiger partial charge in [0, 0.05) is 25.2 Å². The van der Waals surface area contributed by atoms with Gasteiger partial charge in [0.2, 0.25) is 5.91 Å². The van der Waals surface area contributed by atoms with Crippen LogP contribution in [0.3, 0.4) is 0 Å². The molecule has 10 heteroatoms. The average molecular weight is 611 g/mol. The van der Waals surface area contributed by atoms with Crippen LogP contribution < -0.4 is 20.7 Å². The van der Waals surface area contributed by atoms with E-state index in [0.717, 1.165) is 44.4 Å². The summed E-state index contributed by atoms with van der Waals surface area (Å²) in [6.07, 6.45) is 6.08. The molecule has 226 valence electrons. The van der Waals surface area contributed by atoms with E-state index in [-0.39, 0.29) is 12.5 Å². The van der Waals surface area contributed by atoms with Crippen molar-refractivity contribution in [1.82, 2.24) is 20.9 Å². The monoisotopic (exact) mass is 610 g/mol. The van der Waals surface area contributed by atoms with Crippen molar-refractivity contribution in [1.29, 1.82) is 0 Å². The van der Waals surface area contributed by atoms with E-state index in [9.17, 15) is 14.4 Å². The van der Waals surface area contributed by atoms with Crippen molar-refractivity contribution >= 4 is 40.9 Å². The number of aliphatic carboxylic acids is 1. The predicted octanol–water partition coefficient (Wildman–Crippen LogP) is 5.01. The van der Waals surface area contributed by atoms with E-state index in [1.807, 2.05) is 86.8 Å². The van der Waals surface area contributed by atoms with Crippen molar-refractivity contribution in [2.45, 2.75) is 13.3 Å². The molecule has 0 saturated heterocycles. The van der Waals surface area contributed by atoms with Crippen LogP contribution in [0.5, 0.6) is 5.75 Å². The molecule has 4 rings (SSSR count). The second-order valence-electron chi connectivity index (χ2n) is 9.61. The lowest BCUT2D eigenvalue weighted by Gasteiger charge is -2.08. The molecule has 1 heterocycles. The van der Waals surface area contributed by atoms with Gasteiger partial charge in [-0.2, -0.15) is 0 Å². The van der Waals surface area contributed by atoms with Gasteiger partial charge in [-0.3, -0.25) is 14.4 Å². The number of thiazole rings is 1. The van der Waals surface area contributed by atoms with Gasteiger partial charge in [-0.1, -0.05) is 60.7 Å². The minimum Gasteiger partial charge on any atom is -0.484 e. The van der Waals surface area contributed by atoms with Crippen molar-refractivity contribution < 1.29 is 24.2 Å². The first kappa shape index (κ1) is 31.7. The molecule has 9 nitrogen and oxygen atoms in total. The topological polar surface area (TPSA) is 130 Å². The number of nitrogens with zero attached hydrogens (tertiary/aromatic N) is 1. The number of benzene rings is 3. The maximum Gasteiger partial charge on any atom is 0.322 e. The Bertz CT molecular complexity index is 1630. The van der Waals surface area contributed by atoms with E-state index >= 15 is 0 Å². The van der Waals surface area contributed by atoms with Crippen LogP contribution in [0, 0.1) is 0 Å². The van der Waals surface area contributed by atoms with Crippen LogP contribution in [-0.4, -0.2) is 54.6 Å². The Morgan fingerprint density at radius 3 is 2.30 bits per heavy atom. The lowest BCUT2D eigenvalue weighted by Crippen LogP contribution is -2.33. The summed E-state index contributed by atoms with van der Waals surface area (Å²) in [6, 6.07) is 25.2. The van der Waals surface area contributed by atoms with E-state index in [0.29, 0.717) is 12.3 Å². The number of rotatable bonds is 14. The fraction of sp³-hybridized carbons (Fsp3) is 0.176. The van der Waals surface area contributed by atoms with Crippen LogP contribution in [0.1, 0.15) is 23.1 Å². The van der Waals surface area contributed by atoms with Gasteiger partial charge < -0.3 is 25.8 Å². The Morgan fingerprint density at radius 1 is 0.932 bits per heavy atom. The summed E-state index contributed by atoms with van der Waals surface area (Å²) in [5.74, 6) is -1.31. The summed E-state index contributed by atoms with van der Waals surface area (Å²) in [5, 5.41) is 17.9. The van der Waals surface area contributed by atoms with Gasteiger partial charge in [0.15, 0.2) is 6.61 Å². The molecule has 0 unspecified atom stereocenters. The molecule has 2 amide bonds. The molecule has 44 heavy (non-hydrogen) atoms. The van der Waals surface area contributed by atoms with E-state index in [1.54, 1.807) is 35.6 Å². The van der Waals surface area contributed by atoms with Gasteiger partial charge in [-0.05, 0) is 60.4 Å². The van der Waals surface area contributed by atoms with Crippen LogP contribution in [0.25, 0.3) is 33.5 Å². The number of carboxylic acids is 1. The zero-order valence-electron chi connectivity index (χ0n) is 24.5. The summed E-state index contributed by atoms with van der Waals surface area (Å²) >= 11 is 1.57. The molecule has 0 radical (unpaired) electrons. The van der Waals surface area contributed by atoms with Crippen molar-refractivity contribution in [2.24, 2.45) is 0 Å². The third-order valence-corrected chi connectivity index (χ3v) is 7.64. The smallest absolute Gasteiger partial charge is 0.322 e. The van der Waals surface area contributed by atoms with Crippen LogP contribution in [0.2, 0.25) is 0 Å². The fourth-order valence-electron chi connectivity index (χ4n) is 4.24. The normalized spacial score (nSPS) is 11.3. The number of ether oxygens (including phenoxy) is 1. The van der Waals surface area contributed by atoms with E-state index in [2.05, 4.69) is 16.0 Å². The predicted molar refractivity (Wildman–Crippen MR) is 174 cm³/mol. The summed E-state index contributed by atoms with van der Waals surface area (Å²) in [5.41, 5.74) is 5.64. The second kappa shape index (κ2) is 15.9. The van der Waals surface area contributed by atoms with Gasteiger partial charge in [0.1, 0.15) is 17.3 Å². The van der Waals surface area contributed by atoms with Crippen molar-refractivity contribution in [2.75, 3.05) is 26.7 Å². The van der Waals surface area contributed by atoms with Gasteiger partial charge in [-0.15, -0.1) is 11.3 Å². The largest absolute Gasteiger partial charge is 0.484 e. The Labute approximate surface area is 260 Å². The quantitative estimate of drug-likeness (QED) is 0.148. The fourth-order valence-corrected chi connectivity index (χ4v) is 5.41. The SMILES string of the molecule is C/C=C(\NC)c1nc(-c2ccc(OCC(=O)NCC(=O)O)cc2)c(-c2ccc(/C=C/C(=O)NCCc3ccccc3)cc2)s1. The molecule has 0 atom stereocenters. The van der Waals surface area contributed by atoms with Gasteiger partial charge in [-0.25, -0.2) is 4.98 Å². The van der Waals surface area contributed by atoms with Gasteiger partial charge in [0.05, 0.1) is 16.3 Å². The molecular formula is C34H34N4O5S. The maximum atomic E-state index is 12.3. The molecular weight excluding hydrogens is 576 g/mol. The number of carbonyl (C=O) groups excluding carboxylic acids is 2. The Kier molecular flexibility index (Phi) is 11.4.